The first-order valence-corrected chi connectivity index (χ1v) is 5.10. The van der Waals surface area contributed by atoms with Gasteiger partial charge in [-0.2, -0.15) is 0 Å². The highest BCUT2D eigenvalue weighted by molar-refractivity contribution is 4.95. The molecule has 0 atom stereocenters. The van der Waals surface area contributed by atoms with Crippen molar-refractivity contribution < 1.29 is 9.84 Å². The molecule has 0 unspecified atom stereocenters. The minimum atomic E-state index is -0.423. The Labute approximate surface area is 81.3 Å². The molecule has 2 heteroatoms. The normalized spacial score (nSPS) is 34.4. The third kappa shape index (κ3) is 3.28. The van der Waals surface area contributed by atoms with E-state index in [1.54, 1.807) is 7.11 Å². The molecule has 0 saturated heterocycles. The van der Waals surface area contributed by atoms with E-state index in [4.69, 9.17) is 4.74 Å². The highest BCUT2D eigenvalue weighted by Gasteiger charge is 2.42. The Morgan fingerprint density at radius 3 is 2.31 bits per heavy atom. The molecule has 1 saturated carbocycles. The lowest BCUT2D eigenvalue weighted by molar-refractivity contribution is -0.134. The van der Waals surface area contributed by atoms with Gasteiger partial charge in [0.25, 0.3) is 0 Å². The molecule has 78 valence electrons. The van der Waals surface area contributed by atoms with Crippen LogP contribution in [0, 0.1) is 5.41 Å². The van der Waals surface area contributed by atoms with Gasteiger partial charge in [-0.05, 0) is 18.3 Å². The maximum absolute atomic E-state index is 9.99. The molecule has 0 aromatic carbocycles. The first-order valence-electron chi connectivity index (χ1n) is 5.10. The summed E-state index contributed by atoms with van der Waals surface area (Å²) in [7, 11) is 1.72. The standard InChI is InChI=1S/C11H22O2/c1-10(2,3)5-6-11(12)7-9(8-11)13-4/h9,12H,5-8H2,1-4H3. The smallest absolute Gasteiger partial charge is 0.0697 e. The van der Waals surface area contributed by atoms with Gasteiger partial charge >= 0.3 is 0 Å². The SMILES string of the molecule is COC1CC(O)(CCC(C)(C)C)C1. The van der Waals surface area contributed by atoms with Gasteiger partial charge in [-0.15, -0.1) is 0 Å². The summed E-state index contributed by atoms with van der Waals surface area (Å²) in [6.45, 7) is 6.63. The van der Waals surface area contributed by atoms with Crippen LogP contribution in [0.1, 0.15) is 46.5 Å². The highest BCUT2D eigenvalue weighted by atomic mass is 16.5. The fourth-order valence-corrected chi connectivity index (χ4v) is 1.77. The monoisotopic (exact) mass is 186 g/mol. The highest BCUT2D eigenvalue weighted by Crippen LogP contribution is 2.40. The lowest BCUT2D eigenvalue weighted by atomic mass is 9.72. The first-order chi connectivity index (χ1) is 5.85. The number of hydrogen-bond donors (Lipinski definition) is 1. The van der Waals surface area contributed by atoms with Crippen LogP contribution in [0.3, 0.4) is 0 Å². The summed E-state index contributed by atoms with van der Waals surface area (Å²) in [5.74, 6) is 0. The van der Waals surface area contributed by atoms with Crippen molar-refractivity contribution in [1.82, 2.24) is 0 Å². The number of hydrogen-bond acceptors (Lipinski definition) is 2. The van der Waals surface area contributed by atoms with E-state index < -0.39 is 5.60 Å². The Balaban J connectivity index is 2.23. The molecule has 13 heavy (non-hydrogen) atoms. The average molecular weight is 186 g/mol. The summed E-state index contributed by atoms with van der Waals surface area (Å²) in [6.07, 6.45) is 3.93. The predicted molar refractivity (Wildman–Crippen MR) is 53.7 cm³/mol. The van der Waals surface area contributed by atoms with E-state index in [1.807, 2.05) is 0 Å². The van der Waals surface area contributed by atoms with E-state index in [-0.39, 0.29) is 0 Å². The molecule has 0 amide bonds. The third-order valence-electron chi connectivity index (χ3n) is 2.89. The fourth-order valence-electron chi connectivity index (χ4n) is 1.77. The minimum absolute atomic E-state index is 0.296. The van der Waals surface area contributed by atoms with Crippen LogP contribution in [-0.2, 0) is 4.74 Å². The first kappa shape index (κ1) is 11.0. The summed E-state index contributed by atoms with van der Waals surface area (Å²) in [6, 6.07) is 0. The van der Waals surface area contributed by atoms with Gasteiger partial charge in [-0.3, -0.25) is 0 Å². The second kappa shape index (κ2) is 3.58. The topological polar surface area (TPSA) is 29.5 Å². The van der Waals surface area contributed by atoms with E-state index >= 15 is 0 Å². The number of rotatable bonds is 3. The number of methoxy groups -OCH3 is 1. The molecule has 1 rings (SSSR count). The molecule has 0 aromatic heterocycles. The molecule has 2 nitrogen and oxygen atoms in total. The van der Waals surface area contributed by atoms with Crippen molar-refractivity contribution in [2.45, 2.75) is 58.2 Å². The Hall–Kier alpha value is -0.0800. The molecule has 1 aliphatic rings. The second-order valence-corrected chi connectivity index (χ2v) is 5.55. The van der Waals surface area contributed by atoms with E-state index in [9.17, 15) is 5.11 Å². The van der Waals surface area contributed by atoms with Crippen molar-refractivity contribution in [2.75, 3.05) is 7.11 Å². The van der Waals surface area contributed by atoms with Crippen LogP contribution in [0.2, 0.25) is 0 Å². The quantitative estimate of drug-likeness (QED) is 0.733. The lowest BCUT2D eigenvalue weighted by Gasteiger charge is -2.43. The number of ether oxygens (including phenoxy) is 1. The van der Waals surface area contributed by atoms with Gasteiger partial charge < -0.3 is 9.84 Å². The molecular formula is C11H22O2. The van der Waals surface area contributed by atoms with Gasteiger partial charge in [0, 0.05) is 20.0 Å². The fraction of sp³-hybridized carbons (Fsp3) is 1.00. The molecule has 0 radical (unpaired) electrons. The van der Waals surface area contributed by atoms with Crippen LogP contribution in [0.25, 0.3) is 0 Å². The van der Waals surface area contributed by atoms with Gasteiger partial charge in [0.15, 0.2) is 0 Å². The van der Waals surface area contributed by atoms with Gasteiger partial charge in [-0.1, -0.05) is 20.8 Å². The maximum Gasteiger partial charge on any atom is 0.0697 e. The Bertz CT molecular complexity index is 163. The van der Waals surface area contributed by atoms with Gasteiger partial charge in [0.05, 0.1) is 11.7 Å². The van der Waals surface area contributed by atoms with Crippen LogP contribution in [0.15, 0.2) is 0 Å². The number of aliphatic hydroxyl groups is 1. The Morgan fingerprint density at radius 1 is 1.38 bits per heavy atom. The van der Waals surface area contributed by atoms with E-state index in [0.29, 0.717) is 11.5 Å². The zero-order valence-electron chi connectivity index (χ0n) is 9.26. The van der Waals surface area contributed by atoms with E-state index in [2.05, 4.69) is 20.8 Å². The molecule has 0 heterocycles. The molecule has 0 spiro atoms. The van der Waals surface area contributed by atoms with Gasteiger partial charge in [-0.25, -0.2) is 0 Å². The maximum atomic E-state index is 9.99. The Morgan fingerprint density at radius 2 is 1.92 bits per heavy atom. The van der Waals surface area contributed by atoms with Crippen molar-refractivity contribution in [1.29, 1.82) is 0 Å². The molecule has 1 N–H and O–H groups in total. The Kier molecular flexibility index (Phi) is 3.03. The molecule has 1 aliphatic carbocycles. The van der Waals surface area contributed by atoms with Crippen molar-refractivity contribution in [3.8, 4) is 0 Å². The molecule has 0 aliphatic heterocycles. The molecule has 1 fully saturated rings. The van der Waals surface area contributed by atoms with Crippen LogP contribution in [0.4, 0.5) is 0 Å². The van der Waals surface area contributed by atoms with Crippen molar-refractivity contribution in [3.05, 3.63) is 0 Å². The summed E-state index contributed by atoms with van der Waals surface area (Å²) in [5, 5.41) is 9.99. The van der Waals surface area contributed by atoms with E-state index in [0.717, 1.165) is 25.7 Å². The summed E-state index contributed by atoms with van der Waals surface area (Å²) < 4.78 is 5.15. The summed E-state index contributed by atoms with van der Waals surface area (Å²) >= 11 is 0. The lowest BCUT2D eigenvalue weighted by Crippen LogP contribution is -2.48. The van der Waals surface area contributed by atoms with Crippen molar-refractivity contribution in [2.24, 2.45) is 5.41 Å². The average Bonchev–Trinajstić information content (AvgIpc) is 1.94. The zero-order valence-corrected chi connectivity index (χ0v) is 9.26. The van der Waals surface area contributed by atoms with Gasteiger partial charge in [0.2, 0.25) is 0 Å². The third-order valence-corrected chi connectivity index (χ3v) is 2.89. The largest absolute Gasteiger partial charge is 0.390 e. The van der Waals surface area contributed by atoms with Crippen LogP contribution >= 0.6 is 0 Å². The van der Waals surface area contributed by atoms with Crippen LogP contribution < -0.4 is 0 Å². The van der Waals surface area contributed by atoms with Crippen LogP contribution in [0.5, 0.6) is 0 Å². The van der Waals surface area contributed by atoms with Gasteiger partial charge in [0.1, 0.15) is 0 Å². The van der Waals surface area contributed by atoms with Crippen LogP contribution in [-0.4, -0.2) is 23.9 Å². The van der Waals surface area contributed by atoms with E-state index in [1.165, 1.54) is 0 Å². The zero-order chi connectivity index (χ0) is 10.1. The molecule has 0 bridgehead atoms. The summed E-state index contributed by atoms with van der Waals surface area (Å²) in [4.78, 5) is 0. The second-order valence-electron chi connectivity index (χ2n) is 5.55. The van der Waals surface area contributed by atoms with Crippen molar-refractivity contribution >= 4 is 0 Å². The summed E-state index contributed by atoms with van der Waals surface area (Å²) in [5.41, 5.74) is -0.0954. The minimum Gasteiger partial charge on any atom is -0.390 e. The molecule has 0 aromatic rings. The van der Waals surface area contributed by atoms with Crippen molar-refractivity contribution in [3.63, 3.8) is 0 Å². The molecular weight excluding hydrogens is 164 g/mol. The predicted octanol–water partition coefficient (Wildman–Crippen LogP) is 2.35.